The highest BCUT2D eigenvalue weighted by molar-refractivity contribution is 5.81. The number of nitrogens with zero attached hydrogens (tertiary/aromatic N) is 3. The van der Waals surface area contributed by atoms with E-state index in [0.717, 1.165) is 31.7 Å². The van der Waals surface area contributed by atoms with E-state index in [0.29, 0.717) is 32.0 Å². The van der Waals surface area contributed by atoms with Crippen LogP contribution in [0.1, 0.15) is 12.0 Å². The Bertz CT molecular complexity index is 817. The van der Waals surface area contributed by atoms with E-state index in [9.17, 15) is 9.18 Å². The summed E-state index contributed by atoms with van der Waals surface area (Å²) in [7, 11) is 1.73. The van der Waals surface area contributed by atoms with E-state index in [4.69, 9.17) is 0 Å². The molecule has 0 aromatic heterocycles. The minimum atomic E-state index is -0.232. The number of hydrogen-bond acceptors (Lipinski definition) is 3. The van der Waals surface area contributed by atoms with Gasteiger partial charge in [-0.25, -0.2) is 4.39 Å². The van der Waals surface area contributed by atoms with Gasteiger partial charge in [0.05, 0.1) is 0 Å². The maximum Gasteiger partial charge on any atom is 0.224 e. The van der Waals surface area contributed by atoms with Gasteiger partial charge < -0.3 is 20.4 Å². The average Bonchev–Trinajstić information content (AvgIpc) is 2.79. The fourth-order valence-corrected chi connectivity index (χ4v) is 3.50. The van der Waals surface area contributed by atoms with Gasteiger partial charge in [0.2, 0.25) is 5.91 Å². The van der Waals surface area contributed by atoms with Crippen molar-refractivity contribution in [2.45, 2.75) is 12.8 Å². The fourth-order valence-electron chi connectivity index (χ4n) is 3.50. The van der Waals surface area contributed by atoms with Gasteiger partial charge in [-0.05, 0) is 36.2 Å². The van der Waals surface area contributed by atoms with Crippen molar-refractivity contribution in [1.29, 1.82) is 0 Å². The number of piperazine rings is 1. The quantitative estimate of drug-likeness (QED) is 0.542. The summed E-state index contributed by atoms with van der Waals surface area (Å²) in [5.74, 6) is 0.616. The molecule has 2 N–H and O–H groups in total. The molecular formula is C23H30FN5O. The second-order valence-corrected chi connectivity index (χ2v) is 7.26. The summed E-state index contributed by atoms with van der Waals surface area (Å²) in [6.45, 7) is 4.20. The highest BCUT2D eigenvalue weighted by Gasteiger charge is 2.21. The molecule has 0 spiro atoms. The molecule has 0 saturated carbocycles. The SMILES string of the molecule is CN=C(NCCC(=O)N1CCN(c2ccc(F)cc2)CC1)NCCc1ccccc1. The molecule has 0 atom stereocenters. The lowest BCUT2D eigenvalue weighted by Crippen LogP contribution is -2.49. The summed E-state index contributed by atoms with van der Waals surface area (Å²) >= 11 is 0. The van der Waals surface area contributed by atoms with Crippen molar-refractivity contribution < 1.29 is 9.18 Å². The summed E-state index contributed by atoms with van der Waals surface area (Å²) in [5.41, 5.74) is 2.27. The number of halogens is 1. The predicted octanol–water partition coefficient (Wildman–Crippen LogP) is 2.27. The number of benzene rings is 2. The van der Waals surface area contributed by atoms with Crippen LogP contribution < -0.4 is 15.5 Å². The monoisotopic (exact) mass is 411 g/mol. The number of hydrogen-bond donors (Lipinski definition) is 2. The summed E-state index contributed by atoms with van der Waals surface area (Å²) in [6, 6.07) is 16.8. The van der Waals surface area contributed by atoms with Gasteiger partial charge in [-0.1, -0.05) is 30.3 Å². The molecule has 1 aliphatic heterocycles. The van der Waals surface area contributed by atoms with Crippen molar-refractivity contribution in [3.05, 3.63) is 66.0 Å². The molecule has 6 nitrogen and oxygen atoms in total. The fraction of sp³-hybridized carbons (Fsp3) is 0.391. The van der Waals surface area contributed by atoms with Crippen LogP contribution in [-0.2, 0) is 11.2 Å². The van der Waals surface area contributed by atoms with Crippen molar-refractivity contribution in [2.24, 2.45) is 4.99 Å². The zero-order chi connectivity index (χ0) is 21.2. The van der Waals surface area contributed by atoms with Crippen LogP contribution in [0.25, 0.3) is 0 Å². The molecule has 0 bridgehead atoms. The number of carbonyl (C=O) groups is 1. The normalized spacial score (nSPS) is 14.5. The Morgan fingerprint density at radius 1 is 0.967 bits per heavy atom. The summed E-state index contributed by atoms with van der Waals surface area (Å²) in [6.07, 6.45) is 1.34. The third-order valence-electron chi connectivity index (χ3n) is 5.23. The molecule has 30 heavy (non-hydrogen) atoms. The highest BCUT2D eigenvalue weighted by Crippen LogP contribution is 2.17. The molecule has 0 aliphatic carbocycles. The molecular weight excluding hydrogens is 381 g/mol. The lowest BCUT2D eigenvalue weighted by molar-refractivity contribution is -0.131. The zero-order valence-electron chi connectivity index (χ0n) is 17.5. The Hall–Kier alpha value is -3.09. The Morgan fingerprint density at radius 3 is 2.30 bits per heavy atom. The van der Waals surface area contributed by atoms with Crippen LogP contribution in [0.2, 0.25) is 0 Å². The maximum absolute atomic E-state index is 13.1. The number of anilines is 1. The van der Waals surface area contributed by atoms with E-state index >= 15 is 0 Å². The lowest BCUT2D eigenvalue weighted by atomic mass is 10.1. The van der Waals surface area contributed by atoms with Crippen molar-refractivity contribution in [3.8, 4) is 0 Å². The lowest BCUT2D eigenvalue weighted by Gasteiger charge is -2.36. The maximum atomic E-state index is 13.1. The highest BCUT2D eigenvalue weighted by atomic mass is 19.1. The second-order valence-electron chi connectivity index (χ2n) is 7.26. The molecule has 0 radical (unpaired) electrons. The van der Waals surface area contributed by atoms with Crippen LogP contribution in [0.15, 0.2) is 59.6 Å². The average molecular weight is 412 g/mol. The van der Waals surface area contributed by atoms with Gasteiger partial charge in [0.1, 0.15) is 5.82 Å². The van der Waals surface area contributed by atoms with Crippen molar-refractivity contribution in [1.82, 2.24) is 15.5 Å². The Kier molecular flexibility index (Phi) is 8.06. The summed E-state index contributed by atoms with van der Waals surface area (Å²) < 4.78 is 13.1. The van der Waals surface area contributed by atoms with E-state index in [-0.39, 0.29) is 11.7 Å². The van der Waals surface area contributed by atoms with Crippen LogP contribution in [0.3, 0.4) is 0 Å². The summed E-state index contributed by atoms with van der Waals surface area (Å²) in [5, 5.41) is 6.49. The molecule has 1 heterocycles. The molecule has 1 saturated heterocycles. The van der Waals surface area contributed by atoms with E-state index in [2.05, 4.69) is 32.7 Å². The minimum Gasteiger partial charge on any atom is -0.368 e. The number of aliphatic imine (C=N–C) groups is 1. The summed E-state index contributed by atoms with van der Waals surface area (Å²) in [4.78, 5) is 20.8. The third-order valence-corrected chi connectivity index (χ3v) is 5.23. The van der Waals surface area contributed by atoms with Gasteiger partial charge in [-0.3, -0.25) is 9.79 Å². The predicted molar refractivity (Wildman–Crippen MR) is 119 cm³/mol. The van der Waals surface area contributed by atoms with Crippen LogP contribution in [0.4, 0.5) is 10.1 Å². The first kappa shape index (κ1) is 21.6. The molecule has 0 unspecified atom stereocenters. The Balaban J connectivity index is 1.33. The number of rotatable bonds is 7. The Morgan fingerprint density at radius 2 is 1.63 bits per heavy atom. The van der Waals surface area contributed by atoms with Gasteiger partial charge >= 0.3 is 0 Å². The van der Waals surface area contributed by atoms with Crippen molar-refractivity contribution in [3.63, 3.8) is 0 Å². The van der Waals surface area contributed by atoms with Crippen molar-refractivity contribution in [2.75, 3.05) is 51.2 Å². The van der Waals surface area contributed by atoms with Crippen LogP contribution in [-0.4, -0.2) is 63.1 Å². The molecule has 1 amide bonds. The third kappa shape index (κ3) is 6.47. The number of nitrogens with one attached hydrogen (secondary N) is 2. The van der Waals surface area contributed by atoms with Crippen LogP contribution >= 0.6 is 0 Å². The first-order chi connectivity index (χ1) is 14.7. The zero-order valence-corrected chi connectivity index (χ0v) is 17.5. The number of guanidine groups is 1. The Labute approximate surface area is 177 Å². The molecule has 2 aromatic rings. The van der Waals surface area contributed by atoms with Gasteiger partial charge in [-0.15, -0.1) is 0 Å². The smallest absolute Gasteiger partial charge is 0.224 e. The molecule has 160 valence electrons. The first-order valence-corrected chi connectivity index (χ1v) is 10.4. The molecule has 7 heteroatoms. The van der Waals surface area contributed by atoms with E-state index in [1.165, 1.54) is 17.7 Å². The van der Waals surface area contributed by atoms with Crippen LogP contribution in [0, 0.1) is 5.82 Å². The second kappa shape index (κ2) is 11.2. The van der Waals surface area contributed by atoms with E-state index in [1.54, 1.807) is 19.2 Å². The van der Waals surface area contributed by atoms with Gasteiger partial charge in [0, 0.05) is 58.4 Å². The van der Waals surface area contributed by atoms with E-state index in [1.807, 2.05) is 23.1 Å². The van der Waals surface area contributed by atoms with Gasteiger partial charge in [0.25, 0.3) is 0 Å². The van der Waals surface area contributed by atoms with Crippen molar-refractivity contribution >= 4 is 17.6 Å². The standard InChI is InChI=1S/C23H30FN5O/c1-25-23(26-13-11-19-5-3-2-4-6-19)27-14-12-22(30)29-17-15-28(16-18-29)21-9-7-20(24)8-10-21/h2-10H,11-18H2,1H3,(H2,25,26,27). The largest absolute Gasteiger partial charge is 0.368 e. The molecule has 1 fully saturated rings. The molecule has 3 rings (SSSR count). The van der Waals surface area contributed by atoms with E-state index < -0.39 is 0 Å². The number of carbonyl (C=O) groups excluding carboxylic acids is 1. The molecule has 1 aliphatic rings. The molecule has 2 aromatic carbocycles. The van der Waals surface area contributed by atoms with Gasteiger partial charge in [-0.2, -0.15) is 0 Å². The van der Waals surface area contributed by atoms with Gasteiger partial charge in [0.15, 0.2) is 5.96 Å². The minimum absolute atomic E-state index is 0.140. The first-order valence-electron chi connectivity index (χ1n) is 10.4. The van der Waals surface area contributed by atoms with Crippen LogP contribution in [0.5, 0.6) is 0 Å². The number of amides is 1. The topological polar surface area (TPSA) is 60.0 Å².